The van der Waals surface area contributed by atoms with E-state index >= 15 is 0 Å². The first-order valence-corrected chi connectivity index (χ1v) is 8.28. The molecule has 0 aliphatic carbocycles. The van der Waals surface area contributed by atoms with Crippen LogP contribution in [0.5, 0.6) is 0 Å². The molecule has 1 aromatic heterocycles. The minimum atomic E-state index is -0.312. The van der Waals surface area contributed by atoms with Gasteiger partial charge in [0.15, 0.2) is 0 Å². The van der Waals surface area contributed by atoms with E-state index in [-0.39, 0.29) is 5.41 Å². The Morgan fingerprint density at radius 3 is 2.62 bits per heavy atom. The molecular weight excluding hydrogens is 305 g/mol. The zero-order chi connectivity index (χ0) is 15.3. The number of alkyl halides is 2. The predicted octanol–water partition coefficient (Wildman–Crippen LogP) is 3.95. The highest BCUT2D eigenvalue weighted by molar-refractivity contribution is 6.22. The summed E-state index contributed by atoms with van der Waals surface area (Å²) < 4.78 is 1.95. The highest BCUT2D eigenvalue weighted by Crippen LogP contribution is 2.31. The number of hydrogen-bond acceptors (Lipinski definition) is 2. The molecule has 0 atom stereocenters. The third-order valence-corrected chi connectivity index (χ3v) is 4.79. The average Bonchev–Trinajstić information content (AvgIpc) is 2.92. The van der Waals surface area contributed by atoms with E-state index in [9.17, 15) is 0 Å². The predicted molar refractivity (Wildman–Crippen MR) is 88.3 cm³/mol. The van der Waals surface area contributed by atoms with Crippen LogP contribution in [-0.2, 0) is 18.4 Å². The molecule has 0 fully saturated rings. The Kier molecular flexibility index (Phi) is 5.65. The molecule has 0 radical (unpaired) electrons. The molecule has 3 nitrogen and oxygen atoms in total. The van der Waals surface area contributed by atoms with Crippen LogP contribution in [0.1, 0.15) is 30.3 Å². The first-order chi connectivity index (χ1) is 10.1. The molecule has 2 rings (SSSR count). The Balaban J connectivity index is 2.36. The van der Waals surface area contributed by atoms with Crippen LogP contribution in [0, 0.1) is 6.92 Å². The summed E-state index contributed by atoms with van der Waals surface area (Å²) in [7, 11) is 0. The van der Waals surface area contributed by atoms with Gasteiger partial charge < -0.3 is 0 Å². The van der Waals surface area contributed by atoms with Crippen LogP contribution in [0.25, 0.3) is 0 Å². The molecule has 0 saturated heterocycles. The highest BCUT2D eigenvalue weighted by Gasteiger charge is 2.33. The van der Waals surface area contributed by atoms with Crippen molar-refractivity contribution in [1.29, 1.82) is 0 Å². The standard InChI is InChI=1S/C16H21Cl2N3/c1-3-7-21-15(19-12-20-21)9-16(10-17,11-18)14-6-4-5-13(2)8-14/h4-6,8,12H,3,7,9-11H2,1-2H3. The fraction of sp³-hybridized carbons (Fsp3) is 0.500. The maximum atomic E-state index is 6.32. The van der Waals surface area contributed by atoms with Gasteiger partial charge in [0.25, 0.3) is 0 Å². The third kappa shape index (κ3) is 3.58. The number of benzene rings is 1. The smallest absolute Gasteiger partial charge is 0.138 e. The quantitative estimate of drug-likeness (QED) is 0.721. The molecule has 0 unspecified atom stereocenters. The number of aromatic nitrogens is 3. The maximum absolute atomic E-state index is 6.32. The van der Waals surface area contributed by atoms with Crippen LogP contribution in [0.2, 0.25) is 0 Å². The first kappa shape index (κ1) is 16.3. The molecule has 1 heterocycles. The highest BCUT2D eigenvalue weighted by atomic mass is 35.5. The number of rotatable bonds is 7. The van der Waals surface area contributed by atoms with E-state index in [1.165, 1.54) is 11.1 Å². The number of hydrogen-bond donors (Lipinski definition) is 0. The summed E-state index contributed by atoms with van der Waals surface area (Å²) in [6.07, 6.45) is 3.33. The van der Waals surface area contributed by atoms with Crippen LogP contribution in [0.15, 0.2) is 30.6 Å². The Labute approximate surface area is 136 Å². The Morgan fingerprint density at radius 2 is 2.00 bits per heavy atom. The summed E-state index contributed by atoms with van der Waals surface area (Å²) in [5, 5.41) is 4.29. The van der Waals surface area contributed by atoms with Crippen molar-refractivity contribution in [2.24, 2.45) is 0 Å². The van der Waals surface area contributed by atoms with Crippen LogP contribution >= 0.6 is 23.2 Å². The van der Waals surface area contributed by atoms with E-state index in [0.29, 0.717) is 18.2 Å². The molecule has 5 heteroatoms. The van der Waals surface area contributed by atoms with Gasteiger partial charge in [-0.15, -0.1) is 23.2 Å². The van der Waals surface area contributed by atoms with Gasteiger partial charge in [-0.25, -0.2) is 4.98 Å². The summed E-state index contributed by atoms with van der Waals surface area (Å²) in [5.74, 6) is 1.86. The van der Waals surface area contributed by atoms with E-state index in [4.69, 9.17) is 23.2 Å². The van der Waals surface area contributed by atoms with Crippen molar-refractivity contribution in [2.45, 2.75) is 38.6 Å². The van der Waals surface area contributed by atoms with Gasteiger partial charge >= 0.3 is 0 Å². The Bertz CT molecular complexity index is 576. The molecule has 0 aliphatic rings. The zero-order valence-corrected chi connectivity index (χ0v) is 14.0. The fourth-order valence-electron chi connectivity index (χ4n) is 2.49. The summed E-state index contributed by atoms with van der Waals surface area (Å²) >= 11 is 12.6. The summed E-state index contributed by atoms with van der Waals surface area (Å²) in [5.41, 5.74) is 2.06. The SMILES string of the molecule is CCCn1ncnc1CC(CCl)(CCl)c1cccc(C)c1. The van der Waals surface area contributed by atoms with E-state index in [0.717, 1.165) is 18.8 Å². The Hall–Kier alpha value is -1.06. The maximum Gasteiger partial charge on any atom is 0.138 e. The van der Waals surface area contributed by atoms with Gasteiger partial charge in [0, 0.05) is 30.1 Å². The topological polar surface area (TPSA) is 30.7 Å². The fourth-order valence-corrected chi connectivity index (χ4v) is 3.27. The molecule has 0 N–H and O–H groups in total. The second-order valence-electron chi connectivity index (χ2n) is 5.49. The summed E-state index contributed by atoms with van der Waals surface area (Å²) in [6.45, 7) is 5.07. The molecule has 0 aliphatic heterocycles. The van der Waals surface area contributed by atoms with Crippen molar-refractivity contribution in [3.05, 3.63) is 47.5 Å². The van der Waals surface area contributed by atoms with Crippen molar-refractivity contribution in [1.82, 2.24) is 14.8 Å². The van der Waals surface area contributed by atoms with Crippen molar-refractivity contribution in [3.8, 4) is 0 Å². The zero-order valence-electron chi connectivity index (χ0n) is 12.5. The van der Waals surface area contributed by atoms with Gasteiger partial charge in [0.2, 0.25) is 0 Å². The van der Waals surface area contributed by atoms with Crippen LogP contribution in [0.4, 0.5) is 0 Å². The molecule has 1 aromatic carbocycles. The normalized spacial score (nSPS) is 11.8. The van der Waals surface area contributed by atoms with Gasteiger partial charge in [0.1, 0.15) is 12.2 Å². The van der Waals surface area contributed by atoms with E-state index < -0.39 is 0 Å². The lowest BCUT2D eigenvalue weighted by atomic mass is 9.80. The monoisotopic (exact) mass is 325 g/mol. The molecule has 0 bridgehead atoms. The van der Waals surface area contributed by atoms with Crippen LogP contribution in [-0.4, -0.2) is 26.5 Å². The largest absolute Gasteiger partial charge is 0.250 e. The lowest BCUT2D eigenvalue weighted by Crippen LogP contribution is -2.34. The van der Waals surface area contributed by atoms with Gasteiger partial charge in [-0.3, -0.25) is 4.68 Å². The molecular formula is C16H21Cl2N3. The van der Waals surface area contributed by atoms with E-state index in [1.807, 2.05) is 4.68 Å². The van der Waals surface area contributed by atoms with Crippen LogP contribution in [0.3, 0.4) is 0 Å². The minimum absolute atomic E-state index is 0.312. The number of halogens is 2. The van der Waals surface area contributed by atoms with Gasteiger partial charge in [-0.1, -0.05) is 36.8 Å². The minimum Gasteiger partial charge on any atom is -0.250 e. The second-order valence-corrected chi connectivity index (χ2v) is 6.03. The lowest BCUT2D eigenvalue weighted by Gasteiger charge is -2.30. The molecule has 2 aromatic rings. The van der Waals surface area contributed by atoms with E-state index in [2.05, 4.69) is 48.2 Å². The summed E-state index contributed by atoms with van der Waals surface area (Å²) in [6, 6.07) is 8.38. The third-order valence-electron chi connectivity index (χ3n) is 3.77. The molecule has 0 spiro atoms. The number of aryl methyl sites for hydroxylation is 2. The van der Waals surface area contributed by atoms with Crippen molar-refractivity contribution < 1.29 is 0 Å². The van der Waals surface area contributed by atoms with Gasteiger partial charge in [0.05, 0.1) is 0 Å². The van der Waals surface area contributed by atoms with Crippen molar-refractivity contribution in [3.63, 3.8) is 0 Å². The lowest BCUT2D eigenvalue weighted by molar-refractivity contribution is 0.480. The average molecular weight is 326 g/mol. The van der Waals surface area contributed by atoms with Gasteiger partial charge in [-0.2, -0.15) is 5.10 Å². The number of nitrogens with zero attached hydrogens (tertiary/aromatic N) is 3. The van der Waals surface area contributed by atoms with E-state index in [1.54, 1.807) is 6.33 Å². The second kappa shape index (κ2) is 7.28. The molecule has 114 valence electrons. The van der Waals surface area contributed by atoms with Crippen molar-refractivity contribution >= 4 is 23.2 Å². The molecule has 0 saturated carbocycles. The summed E-state index contributed by atoms with van der Waals surface area (Å²) in [4.78, 5) is 4.40. The van der Waals surface area contributed by atoms with Crippen molar-refractivity contribution in [2.75, 3.05) is 11.8 Å². The first-order valence-electron chi connectivity index (χ1n) is 7.21. The van der Waals surface area contributed by atoms with Crippen LogP contribution < -0.4 is 0 Å². The molecule has 21 heavy (non-hydrogen) atoms. The van der Waals surface area contributed by atoms with Gasteiger partial charge in [-0.05, 0) is 18.9 Å². The Morgan fingerprint density at radius 1 is 1.24 bits per heavy atom. The molecule has 0 amide bonds.